The molecule has 0 aliphatic carbocycles. The number of carbonyl (C=O) groups is 2. The molecule has 2 amide bonds. The lowest BCUT2D eigenvalue weighted by molar-refractivity contribution is -0.119. The number of likely N-dealkylation sites (tertiary alicyclic amines) is 1. The van der Waals surface area contributed by atoms with E-state index in [4.69, 9.17) is 8.83 Å². The maximum absolute atomic E-state index is 12.8. The van der Waals surface area contributed by atoms with E-state index in [0.29, 0.717) is 35.6 Å². The predicted molar refractivity (Wildman–Crippen MR) is 99.5 cm³/mol. The number of amides is 2. The minimum Gasteiger partial charge on any atom is -0.459 e. The van der Waals surface area contributed by atoms with Crippen LogP contribution in [-0.4, -0.2) is 34.3 Å². The molecule has 0 saturated carbocycles. The topological polar surface area (TPSA) is 88.6 Å². The molecule has 4 rings (SSSR count). The van der Waals surface area contributed by atoms with Crippen LogP contribution in [0.2, 0.25) is 0 Å². The molecule has 3 aromatic rings. The zero-order valence-corrected chi connectivity index (χ0v) is 15.3. The molecular weight excluding hydrogens is 346 g/mol. The molecule has 1 aliphatic heterocycles. The molecule has 27 heavy (non-hydrogen) atoms. The zero-order valence-electron chi connectivity index (χ0n) is 15.3. The lowest BCUT2D eigenvalue weighted by Crippen LogP contribution is -2.43. The zero-order chi connectivity index (χ0) is 19.0. The SMILES string of the molecule is CC(C)c1nc2cc(NC(=O)C3CCCN3C(=O)c3ccco3)ccc2o1. The van der Waals surface area contributed by atoms with Gasteiger partial charge in [0.05, 0.1) is 6.26 Å². The van der Waals surface area contributed by atoms with E-state index in [1.165, 1.54) is 6.26 Å². The Kier molecular flexibility index (Phi) is 4.43. The first-order valence-electron chi connectivity index (χ1n) is 9.09. The van der Waals surface area contributed by atoms with Gasteiger partial charge in [0, 0.05) is 18.2 Å². The number of anilines is 1. The Morgan fingerprint density at radius 1 is 1.30 bits per heavy atom. The number of oxazole rings is 1. The van der Waals surface area contributed by atoms with Crippen LogP contribution in [0.3, 0.4) is 0 Å². The third-order valence-corrected chi connectivity index (χ3v) is 4.71. The number of nitrogens with one attached hydrogen (secondary N) is 1. The van der Waals surface area contributed by atoms with E-state index in [2.05, 4.69) is 10.3 Å². The van der Waals surface area contributed by atoms with Crippen LogP contribution < -0.4 is 5.32 Å². The minimum absolute atomic E-state index is 0.190. The summed E-state index contributed by atoms with van der Waals surface area (Å²) in [6.45, 7) is 4.56. The van der Waals surface area contributed by atoms with Gasteiger partial charge >= 0.3 is 0 Å². The summed E-state index contributed by atoms with van der Waals surface area (Å²) >= 11 is 0. The second-order valence-corrected chi connectivity index (χ2v) is 7.01. The monoisotopic (exact) mass is 367 g/mol. The molecule has 2 aromatic heterocycles. The number of aromatic nitrogens is 1. The number of carbonyl (C=O) groups excluding carboxylic acids is 2. The molecule has 1 N–H and O–H groups in total. The molecular formula is C20H21N3O4. The van der Waals surface area contributed by atoms with Gasteiger partial charge in [0.15, 0.2) is 17.2 Å². The van der Waals surface area contributed by atoms with Crippen LogP contribution in [0.25, 0.3) is 11.1 Å². The average molecular weight is 367 g/mol. The molecule has 3 heterocycles. The molecule has 7 nitrogen and oxygen atoms in total. The Morgan fingerprint density at radius 3 is 2.89 bits per heavy atom. The fourth-order valence-electron chi connectivity index (χ4n) is 3.32. The fraction of sp³-hybridized carbons (Fsp3) is 0.350. The van der Waals surface area contributed by atoms with Crippen molar-refractivity contribution >= 4 is 28.6 Å². The van der Waals surface area contributed by atoms with Crippen LogP contribution in [0.1, 0.15) is 49.1 Å². The smallest absolute Gasteiger partial charge is 0.290 e. The number of benzene rings is 1. The third kappa shape index (κ3) is 3.32. The predicted octanol–water partition coefficient (Wildman–Crippen LogP) is 3.79. The van der Waals surface area contributed by atoms with Gasteiger partial charge in [-0.05, 0) is 43.2 Å². The Morgan fingerprint density at radius 2 is 2.15 bits per heavy atom. The molecule has 1 aliphatic rings. The Bertz CT molecular complexity index is 974. The van der Waals surface area contributed by atoms with E-state index < -0.39 is 6.04 Å². The van der Waals surface area contributed by atoms with Crippen LogP contribution in [0.5, 0.6) is 0 Å². The highest BCUT2D eigenvalue weighted by molar-refractivity contribution is 6.01. The Labute approximate surface area is 156 Å². The minimum atomic E-state index is -0.512. The van der Waals surface area contributed by atoms with Gasteiger partial charge in [-0.1, -0.05) is 13.8 Å². The summed E-state index contributed by atoms with van der Waals surface area (Å²) in [5.41, 5.74) is 2.02. The summed E-state index contributed by atoms with van der Waals surface area (Å²) in [7, 11) is 0. The van der Waals surface area contributed by atoms with Gasteiger partial charge in [-0.2, -0.15) is 0 Å². The first kappa shape index (κ1) is 17.3. The van der Waals surface area contributed by atoms with E-state index in [0.717, 1.165) is 6.42 Å². The van der Waals surface area contributed by atoms with Crippen molar-refractivity contribution in [1.82, 2.24) is 9.88 Å². The van der Waals surface area contributed by atoms with Crippen LogP contribution in [0, 0.1) is 0 Å². The molecule has 140 valence electrons. The quantitative estimate of drug-likeness (QED) is 0.758. The molecule has 1 saturated heterocycles. The van der Waals surface area contributed by atoms with Crippen LogP contribution >= 0.6 is 0 Å². The van der Waals surface area contributed by atoms with E-state index in [9.17, 15) is 9.59 Å². The molecule has 1 unspecified atom stereocenters. The number of rotatable bonds is 4. The van der Waals surface area contributed by atoms with Crippen molar-refractivity contribution in [3.05, 3.63) is 48.2 Å². The summed E-state index contributed by atoms with van der Waals surface area (Å²) in [5, 5.41) is 2.90. The van der Waals surface area contributed by atoms with Crippen molar-refractivity contribution in [2.75, 3.05) is 11.9 Å². The largest absolute Gasteiger partial charge is 0.459 e. The van der Waals surface area contributed by atoms with Crippen molar-refractivity contribution in [3.8, 4) is 0 Å². The van der Waals surface area contributed by atoms with Crippen molar-refractivity contribution in [2.45, 2.75) is 38.6 Å². The molecule has 0 radical (unpaired) electrons. The molecule has 0 bridgehead atoms. The van der Waals surface area contributed by atoms with Crippen LogP contribution in [0.15, 0.2) is 45.4 Å². The summed E-state index contributed by atoms with van der Waals surface area (Å²) in [6.07, 6.45) is 2.86. The molecule has 1 aromatic carbocycles. The summed E-state index contributed by atoms with van der Waals surface area (Å²) < 4.78 is 10.9. The first-order valence-corrected chi connectivity index (χ1v) is 9.09. The second-order valence-electron chi connectivity index (χ2n) is 7.01. The summed E-state index contributed by atoms with van der Waals surface area (Å²) in [4.78, 5) is 31.3. The fourth-order valence-corrected chi connectivity index (χ4v) is 3.32. The average Bonchev–Trinajstić information content (AvgIpc) is 3.39. The molecule has 1 fully saturated rings. The van der Waals surface area contributed by atoms with Gasteiger partial charge in [-0.25, -0.2) is 4.98 Å². The van der Waals surface area contributed by atoms with Gasteiger partial charge in [0.2, 0.25) is 5.91 Å². The maximum Gasteiger partial charge on any atom is 0.290 e. The standard InChI is InChI=1S/C20H21N3O4/c1-12(2)19-22-14-11-13(7-8-16(14)27-19)21-18(24)15-5-3-9-23(15)20(25)17-6-4-10-26-17/h4,6-8,10-12,15H,3,5,9H2,1-2H3,(H,21,24). The van der Waals surface area contributed by atoms with Crippen LogP contribution in [0.4, 0.5) is 5.69 Å². The highest BCUT2D eigenvalue weighted by atomic mass is 16.3. The van der Waals surface area contributed by atoms with E-state index in [1.54, 1.807) is 35.2 Å². The molecule has 7 heteroatoms. The maximum atomic E-state index is 12.8. The first-order chi connectivity index (χ1) is 13.0. The highest BCUT2D eigenvalue weighted by Gasteiger charge is 2.35. The number of furan rings is 1. The van der Waals surface area contributed by atoms with Gasteiger partial charge in [-0.15, -0.1) is 0 Å². The lowest BCUT2D eigenvalue weighted by Gasteiger charge is -2.23. The van der Waals surface area contributed by atoms with E-state index in [-0.39, 0.29) is 23.5 Å². The number of fused-ring (bicyclic) bond motifs is 1. The van der Waals surface area contributed by atoms with Crippen LogP contribution in [-0.2, 0) is 4.79 Å². The van der Waals surface area contributed by atoms with Gasteiger partial charge in [0.1, 0.15) is 11.6 Å². The van der Waals surface area contributed by atoms with Gasteiger partial charge in [0.25, 0.3) is 5.91 Å². The summed E-state index contributed by atoms with van der Waals surface area (Å²) in [5.74, 6) is 0.639. The lowest BCUT2D eigenvalue weighted by atomic mass is 10.2. The number of hydrogen-bond acceptors (Lipinski definition) is 5. The van der Waals surface area contributed by atoms with Crippen molar-refractivity contribution in [2.24, 2.45) is 0 Å². The van der Waals surface area contributed by atoms with Crippen molar-refractivity contribution in [1.29, 1.82) is 0 Å². The second kappa shape index (κ2) is 6.90. The Hall–Kier alpha value is -3.09. The van der Waals surface area contributed by atoms with Crippen molar-refractivity contribution < 1.29 is 18.4 Å². The molecule has 0 spiro atoms. The van der Waals surface area contributed by atoms with E-state index >= 15 is 0 Å². The van der Waals surface area contributed by atoms with Crippen molar-refractivity contribution in [3.63, 3.8) is 0 Å². The Balaban J connectivity index is 1.51. The normalized spacial score (nSPS) is 17.0. The van der Waals surface area contributed by atoms with Gasteiger partial charge in [-0.3, -0.25) is 9.59 Å². The summed E-state index contributed by atoms with van der Waals surface area (Å²) in [6, 6.07) is 8.13. The molecule has 1 atom stereocenters. The number of hydrogen-bond donors (Lipinski definition) is 1. The highest BCUT2D eigenvalue weighted by Crippen LogP contribution is 2.25. The van der Waals surface area contributed by atoms with Gasteiger partial charge < -0.3 is 19.1 Å². The third-order valence-electron chi connectivity index (χ3n) is 4.71. The number of nitrogens with zero attached hydrogens (tertiary/aromatic N) is 2. The van der Waals surface area contributed by atoms with E-state index in [1.807, 2.05) is 13.8 Å².